The third kappa shape index (κ3) is 3.73. The normalized spacial score (nSPS) is 12.2. The molecule has 0 spiro atoms. The number of hydrogen-bond donors (Lipinski definition) is 2. The van der Waals surface area contributed by atoms with Crippen LogP contribution in [0.1, 0.15) is 32.8 Å². The maximum atomic E-state index is 12.7. The van der Waals surface area contributed by atoms with Crippen molar-refractivity contribution >= 4 is 11.7 Å². The summed E-state index contributed by atoms with van der Waals surface area (Å²) >= 11 is 0. The van der Waals surface area contributed by atoms with Crippen LogP contribution in [-0.2, 0) is 10.2 Å². The fourth-order valence-electron chi connectivity index (χ4n) is 2.12. The zero-order chi connectivity index (χ0) is 15.2. The molecule has 5 nitrogen and oxygen atoms in total. The molecule has 0 bridgehead atoms. The molecule has 0 unspecified atom stereocenters. The van der Waals surface area contributed by atoms with Crippen molar-refractivity contribution in [3.8, 4) is 0 Å². The topological polar surface area (TPSA) is 78.9 Å². The molecule has 1 aromatic carbocycles. The van der Waals surface area contributed by atoms with Crippen LogP contribution in [0, 0.1) is 0 Å². The van der Waals surface area contributed by atoms with E-state index in [1.165, 1.54) is 0 Å². The highest BCUT2D eigenvalue weighted by Crippen LogP contribution is 2.25. The molecular weight excluding hydrogens is 254 g/mol. The molecule has 3 N–H and O–H groups in total. The minimum atomic E-state index is -0.647. The van der Waals surface area contributed by atoms with E-state index in [-0.39, 0.29) is 18.3 Å². The lowest BCUT2D eigenvalue weighted by molar-refractivity contribution is -0.135. The molecule has 0 aliphatic carbocycles. The summed E-state index contributed by atoms with van der Waals surface area (Å²) in [5.74, 6) is 0.00723. The van der Waals surface area contributed by atoms with Crippen molar-refractivity contribution in [1.29, 1.82) is 0 Å². The fourth-order valence-corrected chi connectivity index (χ4v) is 2.12. The van der Waals surface area contributed by atoms with E-state index in [0.29, 0.717) is 6.54 Å². The Morgan fingerprint density at radius 3 is 2.45 bits per heavy atom. The number of benzene rings is 1. The number of amides is 1. The predicted molar refractivity (Wildman–Crippen MR) is 79.7 cm³/mol. The summed E-state index contributed by atoms with van der Waals surface area (Å²) in [6, 6.07) is 9.62. The van der Waals surface area contributed by atoms with Gasteiger partial charge in [0.2, 0.25) is 5.91 Å². The summed E-state index contributed by atoms with van der Waals surface area (Å²) in [5, 5.41) is 11.6. The van der Waals surface area contributed by atoms with Crippen molar-refractivity contribution in [2.24, 2.45) is 10.9 Å². The molecule has 1 amide bonds. The Balaban J connectivity index is 2.99. The number of hydrogen-bond acceptors (Lipinski definition) is 3. The first kappa shape index (κ1) is 16.0. The highest BCUT2D eigenvalue weighted by atomic mass is 16.4. The third-order valence-corrected chi connectivity index (χ3v) is 3.29. The van der Waals surface area contributed by atoms with Gasteiger partial charge in [0.05, 0.1) is 12.0 Å². The lowest BCUT2D eigenvalue weighted by Crippen LogP contribution is -2.47. The zero-order valence-corrected chi connectivity index (χ0v) is 12.3. The lowest BCUT2D eigenvalue weighted by Gasteiger charge is -2.32. The molecule has 0 aliphatic heterocycles. The van der Waals surface area contributed by atoms with Gasteiger partial charge in [-0.25, -0.2) is 0 Å². The summed E-state index contributed by atoms with van der Waals surface area (Å²) in [6.45, 7) is 6.48. The van der Waals surface area contributed by atoms with Crippen LogP contribution >= 0.6 is 0 Å². The van der Waals surface area contributed by atoms with Crippen molar-refractivity contribution in [2.45, 2.75) is 32.6 Å². The summed E-state index contributed by atoms with van der Waals surface area (Å²) in [5.41, 5.74) is 5.83. The van der Waals surface area contributed by atoms with E-state index in [0.717, 1.165) is 12.0 Å². The van der Waals surface area contributed by atoms with Gasteiger partial charge in [-0.15, -0.1) is 0 Å². The van der Waals surface area contributed by atoms with Gasteiger partial charge in [0.25, 0.3) is 0 Å². The second-order valence-corrected chi connectivity index (χ2v) is 5.31. The van der Waals surface area contributed by atoms with E-state index >= 15 is 0 Å². The summed E-state index contributed by atoms with van der Waals surface area (Å²) in [6.07, 6.45) is 0.815. The van der Waals surface area contributed by atoms with Crippen LogP contribution in [0.25, 0.3) is 0 Å². The number of carbonyl (C=O) groups is 1. The Morgan fingerprint density at radius 2 is 1.95 bits per heavy atom. The number of rotatable bonds is 6. The molecule has 0 atom stereocenters. The number of nitrogens with zero attached hydrogens (tertiary/aromatic N) is 2. The third-order valence-electron chi connectivity index (χ3n) is 3.29. The molecule has 0 fully saturated rings. The predicted octanol–water partition coefficient (Wildman–Crippen LogP) is 1.95. The molecule has 0 aromatic heterocycles. The molecule has 110 valence electrons. The van der Waals surface area contributed by atoms with Crippen LogP contribution in [0.4, 0.5) is 0 Å². The zero-order valence-electron chi connectivity index (χ0n) is 12.3. The average Bonchev–Trinajstić information content (AvgIpc) is 2.46. The number of oxime groups is 1. The fraction of sp³-hybridized carbons (Fsp3) is 0.467. The van der Waals surface area contributed by atoms with Crippen molar-refractivity contribution < 1.29 is 10.0 Å². The highest BCUT2D eigenvalue weighted by Gasteiger charge is 2.33. The first-order valence-corrected chi connectivity index (χ1v) is 6.74. The second kappa shape index (κ2) is 6.93. The van der Waals surface area contributed by atoms with E-state index in [4.69, 9.17) is 10.9 Å². The van der Waals surface area contributed by atoms with Gasteiger partial charge in [-0.1, -0.05) is 42.4 Å². The second-order valence-electron chi connectivity index (χ2n) is 5.31. The molecular formula is C15H23N3O2. The standard InChI is InChI=1S/C15H23N3O2/c1-4-10-18(11-13(16)17-20)14(19)15(2,3)12-8-6-5-7-9-12/h5-9,20H,4,10-11H2,1-3H3,(H2,16,17). The van der Waals surface area contributed by atoms with Gasteiger partial charge in [-0.2, -0.15) is 0 Å². The Kier molecular flexibility index (Phi) is 5.55. The van der Waals surface area contributed by atoms with E-state index < -0.39 is 5.41 Å². The van der Waals surface area contributed by atoms with Crippen LogP contribution in [0.15, 0.2) is 35.5 Å². The molecule has 20 heavy (non-hydrogen) atoms. The van der Waals surface area contributed by atoms with E-state index in [9.17, 15) is 4.79 Å². The number of carbonyl (C=O) groups excluding carboxylic acids is 1. The largest absolute Gasteiger partial charge is 0.409 e. The van der Waals surface area contributed by atoms with Gasteiger partial charge >= 0.3 is 0 Å². The molecule has 0 heterocycles. The lowest BCUT2D eigenvalue weighted by atomic mass is 9.83. The van der Waals surface area contributed by atoms with Gasteiger partial charge in [0, 0.05) is 6.54 Å². The Bertz CT molecular complexity index is 469. The summed E-state index contributed by atoms with van der Waals surface area (Å²) in [7, 11) is 0. The molecule has 0 aliphatic rings. The average molecular weight is 277 g/mol. The maximum absolute atomic E-state index is 12.7. The Hall–Kier alpha value is -2.04. The van der Waals surface area contributed by atoms with Gasteiger partial charge in [-0.3, -0.25) is 4.79 Å². The Morgan fingerprint density at radius 1 is 1.35 bits per heavy atom. The molecule has 1 aromatic rings. The van der Waals surface area contributed by atoms with Crippen LogP contribution in [0.3, 0.4) is 0 Å². The quantitative estimate of drug-likeness (QED) is 0.361. The van der Waals surface area contributed by atoms with Crippen LogP contribution in [0.2, 0.25) is 0 Å². The van der Waals surface area contributed by atoms with Crippen LogP contribution in [0.5, 0.6) is 0 Å². The molecule has 1 rings (SSSR count). The molecule has 0 saturated carbocycles. The first-order chi connectivity index (χ1) is 9.43. The first-order valence-electron chi connectivity index (χ1n) is 6.74. The summed E-state index contributed by atoms with van der Waals surface area (Å²) < 4.78 is 0. The van der Waals surface area contributed by atoms with E-state index in [2.05, 4.69) is 5.16 Å². The van der Waals surface area contributed by atoms with Crippen molar-refractivity contribution in [3.63, 3.8) is 0 Å². The van der Waals surface area contributed by atoms with Gasteiger partial charge in [0.1, 0.15) is 0 Å². The van der Waals surface area contributed by atoms with Crippen molar-refractivity contribution in [1.82, 2.24) is 4.90 Å². The number of amidine groups is 1. The van der Waals surface area contributed by atoms with Crippen LogP contribution in [-0.4, -0.2) is 34.9 Å². The molecule has 5 heteroatoms. The summed E-state index contributed by atoms with van der Waals surface area (Å²) in [4.78, 5) is 14.4. The minimum Gasteiger partial charge on any atom is -0.409 e. The molecule has 0 saturated heterocycles. The van der Waals surface area contributed by atoms with Gasteiger partial charge in [-0.05, 0) is 25.8 Å². The Labute approximate surface area is 120 Å². The monoisotopic (exact) mass is 277 g/mol. The SMILES string of the molecule is CCCN(CC(N)=NO)C(=O)C(C)(C)c1ccccc1. The minimum absolute atomic E-state index is 0.0304. The van der Waals surface area contributed by atoms with Gasteiger partial charge in [0.15, 0.2) is 5.84 Å². The molecule has 0 radical (unpaired) electrons. The van der Waals surface area contributed by atoms with Crippen LogP contribution < -0.4 is 5.73 Å². The van der Waals surface area contributed by atoms with Crippen molar-refractivity contribution in [3.05, 3.63) is 35.9 Å². The van der Waals surface area contributed by atoms with Crippen molar-refractivity contribution in [2.75, 3.05) is 13.1 Å². The van der Waals surface area contributed by atoms with E-state index in [1.54, 1.807) is 4.90 Å². The number of nitrogens with two attached hydrogens (primary N) is 1. The van der Waals surface area contributed by atoms with E-state index in [1.807, 2.05) is 51.1 Å². The van der Waals surface area contributed by atoms with Gasteiger partial charge < -0.3 is 15.8 Å². The smallest absolute Gasteiger partial charge is 0.233 e. The highest BCUT2D eigenvalue weighted by molar-refractivity contribution is 5.92. The maximum Gasteiger partial charge on any atom is 0.233 e.